The highest BCUT2D eigenvalue weighted by Gasteiger charge is 2.55. The topological polar surface area (TPSA) is 86.0 Å². The van der Waals surface area contributed by atoms with Gasteiger partial charge in [0.25, 0.3) is 11.8 Å². The van der Waals surface area contributed by atoms with Crippen LogP contribution >= 0.6 is 0 Å². The van der Waals surface area contributed by atoms with Crippen molar-refractivity contribution in [2.45, 2.75) is 57.8 Å². The van der Waals surface area contributed by atoms with Crippen molar-refractivity contribution in [3.63, 3.8) is 0 Å². The van der Waals surface area contributed by atoms with Gasteiger partial charge in [-0.1, -0.05) is 25.5 Å². The number of hydrogen-bond acceptors (Lipinski definition) is 5. The second-order valence-electron chi connectivity index (χ2n) is 8.86. The summed E-state index contributed by atoms with van der Waals surface area (Å²) in [6, 6.07) is 4.43. The van der Waals surface area contributed by atoms with Gasteiger partial charge in [0.2, 0.25) is 5.76 Å². The molecule has 1 aromatic heterocycles. The number of carbonyl (C=O) groups is 2. The standard InChI is InChI=1S/C24H24F5N3O4/c1-3-8-23-9-5-10-32(23)31(12-14-6-4-7-15(25)18(14)26)22(35)17(19(23)33)21(34)30-16-11-13(2)36-20(16)24(27,28)29/h4,6-7,11,33H,3,5,8-10,12H2,1-2H3,(H,30,34). The van der Waals surface area contributed by atoms with Crippen molar-refractivity contribution in [1.82, 2.24) is 10.0 Å². The Morgan fingerprint density at radius 2 is 2.00 bits per heavy atom. The number of aliphatic hydroxyl groups is 1. The molecule has 0 saturated carbocycles. The van der Waals surface area contributed by atoms with E-state index in [9.17, 15) is 36.6 Å². The van der Waals surface area contributed by atoms with E-state index in [1.54, 1.807) is 5.01 Å². The van der Waals surface area contributed by atoms with Gasteiger partial charge in [-0.15, -0.1) is 0 Å². The minimum absolute atomic E-state index is 0.126. The van der Waals surface area contributed by atoms with Gasteiger partial charge in [0.15, 0.2) is 11.6 Å². The highest BCUT2D eigenvalue weighted by atomic mass is 19.4. The third-order valence-electron chi connectivity index (χ3n) is 6.47. The first-order chi connectivity index (χ1) is 16.9. The number of carbonyl (C=O) groups excluding carboxylic acids is 2. The van der Waals surface area contributed by atoms with Crippen LogP contribution in [0.4, 0.5) is 27.6 Å². The minimum atomic E-state index is -4.92. The summed E-state index contributed by atoms with van der Waals surface area (Å²) in [6.45, 7) is 2.93. The lowest BCUT2D eigenvalue weighted by molar-refractivity contribution is -0.163. The van der Waals surface area contributed by atoms with Gasteiger partial charge < -0.3 is 14.8 Å². The predicted octanol–water partition coefficient (Wildman–Crippen LogP) is 5.23. The zero-order valence-corrected chi connectivity index (χ0v) is 19.5. The van der Waals surface area contributed by atoms with Crippen molar-refractivity contribution < 1.29 is 41.1 Å². The molecule has 2 aromatic rings. The molecule has 2 aliphatic heterocycles. The van der Waals surface area contributed by atoms with E-state index in [4.69, 9.17) is 0 Å². The molecule has 4 rings (SSSR count). The second kappa shape index (κ2) is 9.23. The Morgan fingerprint density at radius 1 is 1.28 bits per heavy atom. The molecular formula is C24H24F5N3O4. The fourth-order valence-electron chi connectivity index (χ4n) is 5.01. The van der Waals surface area contributed by atoms with Crippen molar-refractivity contribution in [2.24, 2.45) is 0 Å². The number of benzene rings is 1. The number of aryl methyl sites for hydroxylation is 1. The first-order valence-corrected chi connectivity index (χ1v) is 11.4. The summed E-state index contributed by atoms with van der Waals surface area (Å²) >= 11 is 0. The van der Waals surface area contributed by atoms with Crippen molar-refractivity contribution >= 4 is 17.5 Å². The fourth-order valence-corrected chi connectivity index (χ4v) is 5.01. The number of aliphatic hydroxyl groups excluding tert-OH is 1. The number of anilines is 1. The predicted molar refractivity (Wildman–Crippen MR) is 117 cm³/mol. The van der Waals surface area contributed by atoms with Crippen LogP contribution in [-0.4, -0.2) is 39.0 Å². The van der Waals surface area contributed by atoms with Gasteiger partial charge in [0.1, 0.15) is 17.1 Å². The van der Waals surface area contributed by atoms with Gasteiger partial charge in [-0.05, 0) is 32.3 Å². The number of nitrogens with one attached hydrogen (secondary N) is 1. The maximum Gasteiger partial charge on any atom is 0.451 e. The number of hydrazine groups is 1. The molecule has 36 heavy (non-hydrogen) atoms. The summed E-state index contributed by atoms with van der Waals surface area (Å²) in [5.74, 6) is -6.75. The average Bonchev–Trinajstić information content (AvgIpc) is 3.38. The lowest BCUT2D eigenvalue weighted by Gasteiger charge is -2.48. The number of amides is 2. The molecule has 12 heteroatoms. The van der Waals surface area contributed by atoms with E-state index < -0.39 is 64.5 Å². The molecular weight excluding hydrogens is 489 g/mol. The smallest absolute Gasteiger partial charge is 0.451 e. The van der Waals surface area contributed by atoms with Crippen LogP contribution in [0.25, 0.3) is 0 Å². The maximum atomic E-state index is 14.5. The Bertz CT molecular complexity index is 1240. The van der Waals surface area contributed by atoms with Gasteiger partial charge in [-0.3, -0.25) is 14.6 Å². The van der Waals surface area contributed by atoms with Gasteiger partial charge in [0, 0.05) is 18.2 Å². The molecule has 1 fully saturated rings. The molecule has 0 radical (unpaired) electrons. The van der Waals surface area contributed by atoms with E-state index in [2.05, 4.69) is 4.42 Å². The Balaban J connectivity index is 1.78. The first kappa shape index (κ1) is 25.7. The quantitative estimate of drug-likeness (QED) is 0.408. The van der Waals surface area contributed by atoms with Crippen LogP contribution in [0, 0.1) is 18.6 Å². The van der Waals surface area contributed by atoms with Crippen LogP contribution in [0.2, 0.25) is 0 Å². The molecule has 7 nitrogen and oxygen atoms in total. The van der Waals surface area contributed by atoms with Crippen LogP contribution in [0.5, 0.6) is 0 Å². The lowest BCUT2D eigenvalue weighted by atomic mass is 9.84. The normalized spacial score (nSPS) is 20.8. The molecule has 3 heterocycles. The van der Waals surface area contributed by atoms with Crippen molar-refractivity contribution in [1.29, 1.82) is 0 Å². The van der Waals surface area contributed by atoms with Gasteiger partial charge in [0.05, 0.1) is 17.8 Å². The summed E-state index contributed by atoms with van der Waals surface area (Å²) in [4.78, 5) is 26.7. The molecule has 0 spiro atoms. The summed E-state index contributed by atoms with van der Waals surface area (Å²) in [6.07, 6.45) is -3.21. The van der Waals surface area contributed by atoms with E-state index in [0.29, 0.717) is 32.2 Å². The SMILES string of the molecule is CCCC12CCCN1N(Cc1cccc(F)c1F)C(=O)C(C(=O)Nc1cc(C)oc1C(F)(F)F)=C2O. The number of nitrogens with zero attached hydrogens (tertiary/aromatic N) is 2. The first-order valence-electron chi connectivity index (χ1n) is 11.4. The van der Waals surface area contributed by atoms with Crippen LogP contribution < -0.4 is 5.32 Å². The summed E-state index contributed by atoms with van der Waals surface area (Å²) in [5, 5.41) is 15.8. The van der Waals surface area contributed by atoms with Gasteiger partial charge >= 0.3 is 6.18 Å². The Morgan fingerprint density at radius 3 is 2.67 bits per heavy atom. The molecule has 1 atom stereocenters. The largest absolute Gasteiger partial charge is 0.509 e. The fraction of sp³-hybridized carbons (Fsp3) is 0.417. The summed E-state index contributed by atoms with van der Waals surface area (Å²) in [5.41, 5.74) is -2.82. The van der Waals surface area contributed by atoms with E-state index in [0.717, 1.165) is 17.1 Å². The number of furan rings is 1. The number of alkyl halides is 3. The van der Waals surface area contributed by atoms with Gasteiger partial charge in [-0.25, -0.2) is 13.8 Å². The third kappa shape index (κ3) is 4.23. The van der Waals surface area contributed by atoms with Crippen molar-refractivity contribution in [3.05, 3.63) is 64.3 Å². The average molecular weight is 513 g/mol. The molecule has 2 aliphatic rings. The molecule has 2 amide bonds. The number of hydrogen-bond donors (Lipinski definition) is 2. The van der Waals surface area contributed by atoms with E-state index >= 15 is 0 Å². The molecule has 2 N–H and O–H groups in total. The van der Waals surface area contributed by atoms with Crippen LogP contribution in [0.1, 0.15) is 49.7 Å². The minimum Gasteiger partial charge on any atom is -0.509 e. The Labute approximate surface area is 203 Å². The second-order valence-corrected chi connectivity index (χ2v) is 8.86. The van der Waals surface area contributed by atoms with Gasteiger partial charge in [-0.2, -0.15) is 13.2 Å². The molecule has 1 aromatic carbocycles. The number of halogens is 5. The third-order valence-corrected chi connectivity index (χ3v) is 6.47. The molecule has 1 unspecified atom stereocenters. The summed E-state index contributed by atoms with van der Waals surface area (Å²) in [7, 11) is 0. The lowest BCUT2D eigenvalue weighted by Crippen LogP contribution is -2.61. The monoisotopic (exact) mass is 513 g/mol. The zero-order chi connectivity index (χ0) is 26.4. The molecule has 194 valence electrons. The zero-order valence-electron chi connectivity index (χ0n) is 19.5. The van der Waals surface area contributed by atoms with E-state index in [-0.39, 0.29) is 11.3 Å². The van der Waals surface area contributed by atoms with Crippen LogP contribution in [-0.2, 0) is 22.3 Å². The van der Waals surface area contributed by atoms with Crippen molar-refractivity contribution in [2.75, 3.05) is 11.9 Å². The van der Waals surface area contributed by atoms with Crippen LogP contribution in [0.15, 0.2) is 40.0 Å². The van der Waals surface area contributed by atoms with Crippen LogP contribution in [0.3, 0.4) is 0 Å². The Hall–Kier alpha value is -3.41. The highest BCUT2D eigenvalue weighted by Crippen LogP contribution is 2.45. The number of rotatable bonds is 6. The number of fused-ring (bicyclic) bond motifs is 1. The maximum absolute atomic E-state index is 14.5. The Kier molecular flexibility index (Phi) is 6.58. The van der Waals surface area contributed by atoms with E-state index in [1.807, 2.05) is 12.2 Å². The molecule has 1 saturated heterocycles. The van der Waals surface area contributed by atoms with E-state index in [1.165, 1.54) is 19.1 Å². The van der Waals surface area contributed by atoms with Crippen molar-refractivity contribution in [3.8, 4) is 0 Å². The summed E-state index contributed by atoms with van der Waals surface area (Å²) < 4.78 is 73.1. The highest BCUT2D eigenvalue weighted by molar-refractivity contribution is 6.23. The molecule has 0 aliphatic carbocycles. The molecule has 0 bridgehead atoms.